The van der Waals surface area contributed by atoms with Gasteiger partial charge in [-0.15, -0.1) is 0 Å². The van der Waals surface area contributed by atoms with Gasteiger partial charge in [-0.3, -0.25) is 4.79 Å². The van der Waals surface area contributed by atoms with E-state index in [4.69, 9.17) is 5.11 Å². The molecule has 2 N–H and O–H groups in total. The molecule has 1 aliphatic rings. The highest BCUT2D eigenvalue weighted by molar-refractivity contribution is 5.87. The van der Waals surface area contributed by atoms with E-state index in [9.17, 15) is 14.7 Å². The van der Waals surface area contributed by atoms with Gasteiger partial charge in [-0.25, -0.2) is 4.79 Å². The summed E-state index contributed by atoms with van der Waals surface area (Å²) >= 11 is 0. The Morgan fingerprint density at radius 3 is 2.59 bits per heavy atom. The lowest BCUT2D eigenvalue weighted by Crippen LogP contribution is -2.34. The van der Waals surface area contributed by atoms with Gasteiger partial charge in [0.05, 0.1) is 17.7 Å². The lowest BCUT2D eigenvalue weighted by Gasteiger charge is -2.23. The maximum Gasteiger partial charge on any atom is 0.335 e. The minimum absolute atomic E-state index is 0.0132. The number of carboxylic acid groups (broad SMARTS) is 1. The van der Waals surface area contributed by atoms with Crippen molar-refractivity contribution >= 4 is 11.9 Å². The highest BCUT2D eigenvalue weighted by Gasteiger charge is 2.28. The van der Waals surface area contributed by atoms with Crippen LogP contribution in [0.25, 0.3) is 0 Å². The van der Waals surface area contributed by atoms with Crippen molar-refractivity contribution in [2.75, 3.05) is 6.54 Å². The third-order valence-electron chi connectivity index (χ3n) is 5.76. The Morgan fingerprint density at radius 1 is 1.19 bits per heavy atom. The fourth-order valence-corrected chi connectivity index (χ4v) is 3.70. The van der Waals surface area contributed by atoms with Crippen LogP contribution in [0.2, 0.25) is 0 Å². The van der Waals surface area contributed by atoms with Crippen molar-refractivity contribution < 1.29 is 19.8 Å². The fourth-order valence-electron chi connectivity index (χ4n) is 3.70. The molecule has 2 aromatic carbocycles. The van der Waals surface area contributed by atoms with E-state index in [1.807, 2.05) is 48.2 Å². The van der Waals surface area contributed by atoms with Crippen molar-refractivity contribution in [1.82, 2.24) is 4.90 Å². The Morgan fingerprint density at radius 2 is 1.91 bits per heavy atom. The van der Waals surface area contributed by atoms with E-state index in [1.54, 1.807) is 30.3 Å². The third-order valence-corrected chi connectivity index (χ3v) is 5.76. The summed E-state index contributed by atoms with van der Waals surface area (Å²) in [5.74, 6) is 5.39. The van der Waals surface area contributed by atoms with Gasteiger partial charge in [0.15, 0.2) is 0 Å². The number of aliphatic hydroxyl groups excluding tert-OH is 1. The van der Waals surface area contributed by atoms with Crippen LogP contribution in [0.1, 0.15) is 47.7 Å². The second-order valence-corrected chi connectivity index (χ2v) is 8.17. The fraction of sp³-hybridized carbons (Fsp3) is 0.333. The van der Waals surface area contributed by atoms with Crippen molar-refractivity contribution in [2.24, 2.45) is 5.92 Å². The van der Waals surface area contributed by atoms with Gasteiger partial charge in [-0.05, 0) is 48.6 Å². The molecular formula is C27H29NO4. The Bertz CT molecular complexity index is 1000. The first-order valence-corrected chi connectivity index (χ1v) is 11.0. The zero-order valence-corrected chi connectivity index (χ0v) is 18.3. The van der Waals surface area contributed by atoms with Crippen LogP contribution in [0, 0.1) is 17.8 Å². The Balaban J connectivity index is 1.52. The highest BCUT2D eigenvalue weighted by Crippen LogP contribution is 2.21. The van der Waals surface area contributed by atoms with Crippen molar-refractivity contribution in [2.45, 2.75) is 44.8 Å². The summed E-state index contributed by atoms with van der Waals surface area (Å²) < 4.78 is 0. The smallest absolute Gasteiger partial charge is 0.335 e. The first-order valence-electron chi connectivity index (χ1n) is 11.0. The second kappa shape index (κ2) is 11.3. The van der Waals surface area contributed by atoms with E-state index in [0.717, 1.165) is 17.5 Å². The summed E-state index contributed by atoms with van der Waals surface area (Å²) in [4.78, 5) is 25.2. The molecule has 1 amide bonds. The topological polar surface area (TPSA) is 77.8 Å². The minimum atomic E-state index is -0.949. The number of aromatic carboxylic acids is 1. The number of carbonyl (C=O) groups is 2. The normalized spacial score (nSPS) is 17.8. The van der Waals surface area contributed by atoms with E-state index in [2.05, 4.69) is 11.8 Å². The van der Waals surface area contributed by atoms with Crippen LogP contribution in [0.5, 0.6) is 0 Å². The molecule has 3 atom stereocenters. The first kappa shape index (κ1) is 23.3. The molecular weight excluding hydrogens is 402 g/mol. The second-order valence-electron chi connectivity index (χ2n) is 8.17. The molecule has 0 unspecified atom stereocenters. The molecule has 32 heavy (non-hydrogen) atoms. The SMILES string of the molecule is C[C@@H](CC#Cc1ccccc1)[C@H](O)C=C[C@H]1CCC(=O)N1CCc1ccc(C(=O)O)cc1. The van der Waals surface area contributed by atoms with E-state index in [1.165, 1.54) is 0 Å². The number of rotatable bonds is 8. The highest BCUT2D eigenvalue weighted by atomic mass is 16.4. The molecule has 2 aromatic rings. The number of hydrogen-bond donors (Lipinski definition) is 2. The molecule has 1 fully saturated rings. The predicted octanol–water partition coefficient (Wildman–Crippen LogP) is 3.91. The number of aliphatic hydroxyl groups is 1. The Kier molecular flexibility index (Phi) is 8.24. The monoisotopic (exact) mass is 431 g/mol. The van der Waals surface area contributed by atoms with Gasteiger partial charge < -0.3 is 15.1 Å². The van der Waals surface area contributed by atoms with E-state index >= 15 is 0 Å². The third kappa shape index (κ3) is 6.57. The lowest BCUT2D eigenvalue weighted by molar-refractivity contribution is -0.128. The van der Waals surface area contributed by atoms with Crippen LogP contribution in [0.4, 0.5) is 0 Å². The zero-order chi connectivity index (χ0) is 22.9. The molecule has 0 saturated carbocycles. The summed E-state index contributed by atoms with van der Waals surface area (Å²) in [6, 6.07) is 16.5. The average molecular weight is 432 g/mol. The summed E-state index contributed by atoms with van der Waals surface area (Å²) in [5.41, 5.74) is 2.20. The molecule has 0 aromatic heterocycles. The quantitative estimate of drug-likeness (QED) is 0.491. The molecule has 1 heterocycles. The van der Waals surface area contributed by atoms with Crippen LogP contribution in [0.15, 0.2) is 66.7 Å². The van der Waals surface area contributed by atoms with Crippen LogP contribution in [-0.4, -0.2) is 45.7 Å². The molecule has 1 saturated heterocycles. The van der Waals surface area contributed by atoms with Crippen LogP contribution in [0.3, 0.4) is 0 Å². The number of carboxylic acids is 1. The average Bonchev–Trinajstić information content (AvgIpc) is 3.16. The molecule has 3 rings (SSSR count). The van der Waals surface area contributed by atoms with Crippen molar-refractivity contribution in [3.63, 3.8) is 0 Å². The maximum atomic E-state index is 12.3. The molecule has 166 valence electrons. The lowest BCUT2D eigenvalue weighted by atomic mass is 9.99. The van der Waals surface area contributed by atoms with Crippen molar-refractivity contribution in [3.8, 4) is 11.8 Å². The van der Waals surface area contributed by atoms with Gasteiger partial charge in [0.2, 0.25) is 5.91 Å². The molecule has 1 aliphatic heterocycles. The molecule has 5 heteroatoms. The van der Waals surface area contributed by atoms with Crippen LogP contribution >= 0.6 is 0 Å². The Labute approximate surface area is 189 Å². The van der Waals surface area contributed by atoms with Gasteiger partial charge in [0.1, 0.15) is 0 Å². The summed E-state index contributed by atoms with van der Waals surface area (Å²) in [6.45, 7) is 2.53. The molecule has 5 nitrogen and oxygen atoms in total. The number of hydrogen-bond acceptors (Lipinski definition) is 3. The number of nitrogens with zero attached hydrogens (tertiary/aromatic N) is 1. The van der Waals surface area contributed by atoms with Crippen molar-refractivity contribution in [1.29, 1.82) is 0 Å². The molecule has 0 bridgehead atoms. The van der Waals surface area contributed by atoms with Crippen molar-refractivity contribution in [3.05, 3.63) is 83.4 Å². The summed E-state index contributed by atoms with van der Waals surface area (Å²) in [7, 11) is 0. The first-order chi connectivity index (χ1) is 15.4. The molecule has 0 aliphatic carbocycles. The van der Waals surface area contributed by atoms with E-state index in [0.29, 0.717) is 25.8 Å². The Hall–Kier alpha value is -3.36. The van der Waals surface area contributed by atoms with Gasteiger partial charge >= 0.3 is 5.97 Å². The minimum Gasteiger partial charge on any atom is -0.478 e. The van der Waals surface area contributed by atoms with Gasteiger partial charge in [-0.2, -0.15) is 0 Å². The number of carbonyl (C=O) groups excluding carboxylic acids is 1. The van der Waals surface area contributed by atoms with E-state index < -0.39 is 12.1 Å². The van der Waals surface area contributed by atoms with Gasteiger partial charge in [0.25, 0.3) is 0 Å². The number of likely N-dealkylation sites (tertiary alicyclic amines) is 1. The standard InChI is InChI=1S/C27H29NO4/c1-20(6-5-9-21-7-3-2-4-8-21)25(29)16-14-24-15-17-26(30)28(24)19-18-22-10-12-23(13-11-22)27(31)32/h2-4,7-8,10-14,16,20,24-25,29H,6,15,17-19H2,1H3,(H,31,32)/t20-,24-,25+/m0/s1. The van der Waals surface area contributed by atoms with Crippen LogP contribution < -0.4 is 0 Å². The van der Waals surface area contributed by atoms with Crippen LogP contribution in [-0.2, 0) is 11.2 Å². The number of amides is 1. The largest absolute Gasteiger partial charge is 0.478 e. The van der Waals surface area contributed by atoms with E-state index in [-0.39, 0.29) is 23.4 Å². The summed E-state index contributed by atoms with van der Waals surface area (Å²) in [6.07, 6.45) is 5.57. The maximum absolute atomic E-state index is 12.3. The zero-order valence-electron chi connectivity index (χ0n) is 18.3. The molecule has 0 spiro atoms. The van der Waals surface area contributed by atoms with Gasteiger partial charge in [0, 0.05) is 24.9 Å². The molecule has 0 radical (unpaired) electrons. The predicted molar refractivity (Wildman–Crippen MR) is 124 cm³/mol. The van der Waals surface area contributed by atoms with Gasteiger partial charge in [-0.1, -0.05) is 61.2 Å². The number of benzene rings is 2. The summed E-state index contributed by atoms with van der Waals surface area (Å²) in [5, 5.41) is 19.5.